The van der Waals surface area contributed by atoms with E-state index in [2.05, 4.69) is 47.0 Å². The van der Waals surface area contributed by atoms with Crippen molar-refractivity contribution in [1.82, 2.24) is 0 Å². The quantitative estimate of drug-likeness (QED) is 0.411. The summed E-state index contributed by atoms with van der Waals surface area (Å²) in [5, 5.41) is 1.79. The van der Waals surface area contributed by atoms with Crippen LogP contribution in [0.4, 0.5) is 0 Å². The summed E-state index contributed by atoms with van der Waals surface area (Å²) < 4.78 is 26.3. The van der Waals surface area contributed by atoms with Gasteiger partial charge in [0.1, 0.15) is 0 Å². The zero-order chi connectivity index (χ0) is 18.7. The lowest BCUT2D eigenvalue weighted by molar-refractivity contribution is 0.365. The first-order chi connectivity index (χ1) is 13.1. The lowest BCUT2D eigenvalue weighted by atomic mass is 9.90. The molecule has 2 aliphatic carbocycles. The van der Waals surface area contributed by atoms with Gasteiger partial charge in [-0.1, -0.05) is 0 Å². The molecule has 0 amide bonds. The van der Waals surface area contributed by atoms with Crippen molar-refractivity contribution >= 4 is 56.9 Å². The van der Waals surface area contributed by atoms with Crippen LogP contribution in [0, 0.1) is 11.8 Å². The molecule has 0 aromatic heterocycles. The van der Waals surface area contributed by atoms with Crippen molar-refractivity contribution in [2.75, 3.05) is 34.5 Å². The summed E-state index contributed by atoms with van der Waals surface area (Å²) in [4.78, 5) is 0. The summed E-state index contributed by atoms with van der Waals surface area (Å²) in [5.41, 5.74) is 0. The highest BCUT2D eigenvalue weighted by molar-refractivity contribution is 8.09. The third-order valence-electron chi connectivity index (χ3n) is 6.64. The Labute approximate surface area is 183 Å². The molecule has 7 heteroatoms. The maximum atomic E-state index is 13.2. The molecule has 0 bridgehead atoms. The van der Waals surface area contributed by atoms with Gasteiger partial charge in [0, 0.05) is 33.5 Å². The van der Waals surface area contributed by atoms with Crippen molar-refractivity contribution in [3.63, 3.8) is 0 Å². The van der Waals surface area contributed by atoms with Gasteiger partial charge in [-0.2, -0.15) is 47.0 Å². The van der Waals surface area contributed by atoms with Crippen molar-refractivity contribution in [2.45, 2.75) is 72.4 Å². The van der Waals surface area contributed by atoms with E-state index >= 15 is 0 Å². The highest BCUT2D eigenvalue weighted by Crippen LogP contribution is 2.39. The number of hydrogen-bond donors (Lipinski definition) is 0. The minimum atomic E-state index is -2.90. The van der Waals surface area contributed by atoms with Crippen LogP contribution in [0.1, 0.15) is 51.4 Å². The van der Waals surface area contributed by atoms with E-state index in [1.807, 2.05) is 0 Å². The minimum absolute atomic E-state index is 0.0273. The lowest BCUT2D eigenvalue weighted by Gasteiger charge is -2.34. The molecular weight excluding hydrogens is 433 g/mol. The Morgan fingerprint density at radius 2 is 1.00 bits per heavy atom. The fourth-order valence-corrected chi connectivity index (χ4v) is 11.5. The van der Waals surface area contributed by atoms with Gasteiger partial charge in [-0.15, -0.1) is 0 Å². The van der Waals surface area contributed by atoms with E-state index in [1.165, 1.54) is 34.5 Å². The SMILES string of the molecule is O=S(=O)(C1CCC(CSCC2CS2)CC1)C1CCC(CSCC2CS2)CC1. The van der Waals surface area contributed by atoms with Gasteiger partial charge in [-0.05, 0) is 74.7 Å². The van der Waals surface area contributed by atoms with Gasteiger partial charge in [-0.25, -0.2) is 8.42 Å². The van der Waals surface area contributed by atoms with Crippen molar-refractivity contribution < 1.29 is 8.42 Å². The second-order valence-electron chi connectivity index (χ2n) is 8.86. The molecule has 2 saturated carbocycles. The van der Waals surface area contributed by atoms with E-state index in [9.17, 15) is 8.42 Å². The number of rotatable bonds is 10. The van der Waals surface area contributed by atoms with Gasteiger partial charge in [0.05, 0.1) is 10.5 Å². The summed E-state index contributed by atoms with van der Waals surface area (Å²) in [5.74, 6) is 9.38. The molecule has 4 aliphatic rings. The van der Waals surface area contributed by atoms with Gasteiger partial charge in [0.25, 0.3) is 0 Å². The largest absolute Gasteiger partial charge is 0.228 e. The predicted octanol–water partition coefficient (Wildman–Crippen LogP) is 5.22. The smallest absolute Gasteiger partial charge is 0.156 e. The van der Waals surface area contributed by atoms with Crippen LogP contribution in [0.2, 0.25) is 0 Å². The monoisotopic (exact) mass is 466 g/mol. The van der Waals surface area contributed by atoms with Crippen LogP contribution in [0.5, 0.6) is 0 Å². The summed E-state index contributed by atoms with van der Waals surface area (Å²) in [6.45, 7) is 0. The average Bonchev–Trinajstić information content (AvgIpc) is 3.58. The Morgan fingerprint density at radius 1 is 0.630 bits per heavy atom. The molecule has 0 spiro atoms. The number of hydrogen-bond acceptors (Lipinski definition) is 6. The molecule has 2 nitrogen and oxygen atoms in total. The van der Waals surface area contributed by atoms with Crippen LogP contribution in [0.25, 0.3) is 0 Å². The first-order valence-electron chi connectivity index (χ1n) is 10.7. The predicted molar refractivity (Wildman–Crippen MR) is 128 cm³/mol. The molecule has 0 aromatic carbocycles. The zero-order valence-electron chi connectivity index (χ0n) is 16.2. The van der Waals surface area contributed by atoms with Crippen LogP contribution in [0.15, 0.2) is 0 Å². The third-order valence-corrected chi connectivity index (χ3v) is 14.5. The van der Waals surface area contributed by atoms with Gasteiger partial charge >= 0.3 is 0 Å². The highest BCUT2D eigenvalue weighted by Gasteiger charge is 2.38. The first kappa shape index (κ1) is 21.6. The van der Waals surface area contributed by atoms with Crippen LogP contribution < -0.4 is 0 Å². The summed E-state index contributed by atoms with van der Waals surface area (Å²) in [6, 6.07) is 0. The van der Waals surface area contributed by atoms with Crippen molar-refractivity contribution in [3.8, 4) is 0 Å². The molecule has 2 aliphatic heterocycles. The van der Waals surface area contributed by atoms with E-state index in [4.69, 9.17) is 0 Å². The van der Waals surface area contributed by atoms with Gasteiger partial charge < -0.3 is 0 Å². The van der Waals surface area contributed by atoms with Crippen molar-refractivity contribution in [3.05, 3.63) is 0 Å². The average molecular weight is 467 g/mol. The number of thioether (sulfide) groups is 4. The van der Waals surface area contributed by atoms with E-state index < -0.39 is 9.84 Å². The fourth-order valence-electron chi connectivity index (χ4n) is 4.59. The second kappa shape index (κ2) is 10.1. The van der Waals surface area contributed by atoms with Crippen molar-refractivity contribution in [2.24, 2.45) is 11.8 Å². The van der Waals surface area contributed by atoms with Crippen LogP contribution in [-0.4, -0.2) is 63.9 Å². The van der Waals surface area contributed by atoms with E-state index in [-0.39, 0.29) is 10.5 Å². The molecule has 2 saturated heterocycles. The standard InChI is InChI=1S/C20H34O2S5/c21-27(22,19-5-1-15(2-6-19)9-23-11-17-13-25-17)20-7-3-16(4-8-20)10-24-12-18-14-26-18/h15-20H,1-14H2. The fraction of sp³-hybridized carbons (Fsp3) is 1.00. The molecular formula is C20H34O2S5. The molecule has 2 heterocycles. The molecule has 4 rings (SSSR count). The number of sulfone groups is 1. The molecule has 2 unspecified atom stereocenters. The summed E-state index contributed by atoms with van der Waals surface area (Å²) >= 11 is 8.37. The zero-order valence-corrected chi connectivity index (χ0v) is 20.3. The van der Waals surface area contributed by atoms with E-state index in [1.54, 1.807) is 0 Å². The highest BCUT2D eigenvalue weighted by atomic mass is 32.2. The molecule has 156 valence electrons. The third kappa shape index (κ3) is 6.67. The van der Waals surface area contributed by atoms with Crippen molar-refractivity contribution in [1.29, 1.82) is 0 Å². The van der Waals surface area contributed by atoms with E-state index in [0.717, 1.165) is 73.7 Å². The van der Waals surface area contributed by atoms with Crippen LogP contribution in [0.3, 0.4) is 0 Å². The Morgan fingerprint density at radius 3 is 1.33 bits per heavy atom. The Bertz CT molecular complexity index is 513. The lowest BCUT2D eigenvalue weighted by Crippen LogP contribution is -2.37. The molecule has 27 heavy (non-hydrogen) atoms. The molecule has 0 aromatic rings. The first-order valence-corrected chi connectivity index (χ1v) is 16.7. The second-order valence-corrected chi connectivity index (χ2v) is 16.2. The minimum Gasteiger partial charge on any atom is -0.228 e. The molecule has 0 N–H and O–H groups in total. The molecule has 2 atom stereocenters. The maximum absolute atomic E-state index is 13.2. The molecule has 0 radical (unpaired) electrons. The summed E-state index contributed by atoms with van der Waals surface area (Å²) in [6.07, 6.45) is 8.28. The maximum Gasteiger partial charge on any atom is 0.156 e. The van der Waals surface area contributed by atoms with E-state index in [0.29, 0.717) is 0 Å². The normalized spacial score (nSPS) is 39.3. The summed E-state index contributed by atoms with van der Waals surface area (Å²) in [7, 11) is -2.90. The van der Waals surface area contributed by atoms with Gasteiger partial charge in [0.15, 0.2) is 9.84 Å². The Kier molecular flexibility index (Phi) is 8.08. The van der Waals surface area contributed by atoms with Crippen LogP contribution in [-0.2, 0) is 9.84 Å². The van der Waals surface area contributed by atoms with Crippen LogP contribution >= 0.6 is 47.0 Å². The Hall–Kier alpha value is 1.35. The van der Waals surface area contributed by atoms with Gasteiger partial charge in [0.2, 0.25) is 0 Å². The Balaban J connectivity index is 1.15. The van der Waals surface area contributed by atoms with Gasteiger partial charge in [-0.3, -0.25) is 0 Å². The topological polar surface area (TPSA) is 34.1 Å². The molecule has 4 fully saturated rings.